The number of rotatable bonds is 11. The number of unbranched alkanes of at least 4 members (excludes halogenated alkanes) is 1. The Morgan fingerprint density at radius 3 is 2.41 bits per heavy atom. The van der Waals surface area contributed by atoms with Crippen molar-refractivity contribution in [2.45, 2.75) is 47.1 Å². The molecule has 1 amide bonds. The SMILES string of the molecule is CCNC(=NCc1ccc(NC(=O)C(C)C)cc1)NCCCCOCC.I. The topological polar surface area (TPSA) is 74.8 Å². The monoisotopic (exact) mass is 490 g/mol. The van der Waals surface area contributed by atoms with Crippen LogP contribution in [-0.2, 0) is 16.1 Å². The number of hydrogen-bond acceptors (Lipinski definition) is 3. The third kappa shape index (κ3) is 11.9. The molecular formula is C20H35IN4O2. The molecule has 0 aliphatic carbocycles. The second kappa shape index (κ2) is 15.7. The van der Waals surface area contributed by atoms with Gasteiger partial charge in [0.05, 0.1) is 6.54 Å². The van der Waals surface area contributed by atoms with Crippen LogP contribution in [0.2, 0.25) is 0 Å². The Morgan fingerprint density at radius 1 is 1.11 bits per heavy atom. The molecule has 0 aliphatic heterocycles. The van der Waals surface area contributed by atoms with Crippen LogP contribution in [0.25, 0.3) is 0 Å². The number of benzene rings is 1. The van der Waals surface area contributed by atoms with Crippen LogP contribution >= 0.6 is 24.0 Å². The lowest BCUT2D eigenvalue weighted by molar-refractivity contribution is -0.118. The Hall–Kier alpha value is -1.35. The first-order chi connectivity index (χ1) is 12.6. The second-order valence-corrected chi connectivity index (χ2v) is 6.37. The van der Waals surface area contributed by atoms with Crippen LogP contribution in [-0.4, -0.2) is 38.2 Å². The fraction of sp³-hybridized carbons (Fsp3) is 0.600. The fourth-order valence-corrected chi connectivity index (χ4v) is 2.17. The highest BCUT2D eigenvalue weighted by molar-refractivity contribution is 14.0. The molecule has 0 saturated carbocycles. The summed E-state index contributed by atoms with van der Waals surface area (Å²) in [5, 5.41) is 9.49. The van der Waals surface area contributed by atoms with Gasteiger partial charge in [-0.25, -0.2) is 4.99 Å². The lowest BCUT2D eigenvalue weighted by Gasteiger charge is -2.11. The zero-order valence-electron chi connectivity index (χ0n) is 17.0. The predicted molar refractivity (Wildman–Crippen MR) is 124 cm³/mol. The van der Waals surface area contributed by atoms with Crippen molar-refractivity contribution in [3.8, 4) is 0 Å². The quantitative estimate of drug-likeness (QED) is 0.191. The highest BCUT2D eigenvalue weighted by Gasteiger charge is 2.06. The van der Waals surface area contributed by atoms with E-state index < -0.39 is 0 Å². The fourth-order valence-electron chi connectivity index (χ4n) is 2.17. The molecule has 0 bridgehead atoms. The van der Waals surface area contributed by atoms with E-state index >= 15 is 0 Å². The molecule has 3 N–H and O–H groups in total. The molecule has 1 aromatic rings. The minimum Gasteiger partial charge on any atom is -0.382 e. The smallest absolute Gasteiger partial charge is 0.226 e. The number of amides is 1. The maximum atomic E-state index is 11.7. The normalized spacial score (nSPS) is 11.1. The molecule has 0 spiro atoms. The number of carbonyl (C=O) groups is 1. The van der Waals surface area contributed by atoms with E-state index in [4.69, 9.17) is 4.74 Å². The third-order valence-corrected chi connectivity index (χ3v) is 3.72. The summed E-state index contributed by atoms with van der Waals surface area (Å²) in [7, 11) is 0. The molecule has 154 valence electrons. The van der Waals surface area contributed by atoms with Crippen molar-refractivity contribution in [3.63, 3.8) is 0 Å². The van der Waals surface area contributed by atoms with Crippen LogP contribution in [0.3, 0.4) is 0 Å². The molecule has 0 aliphatic rings. The number of hydrogen-bond donors (Lipinski definition) is 3. The van der Waals surface area contributed by atoms with Crippen LogP contribution in [0.15, 0.2) is 29.3 Å². The number of guanidine groups is 1. The lowest BCUT2D eigenvalue weighted by atomic mass is 10.2. The minimum atomic E-state index is -0.0263. The van der Waals surface area contributed by atoms with Gasteiger partial charge >= 0.3 is 0 Å². The van der Waals surface area contributed by atoms with E-state index in [1.807, 2.05) is 45.0 Å². The molecular weight excluding hydrogens is 455 g/mol. The molecule has 1 aromatic carbocycles. The molecule has 0 unspecified atom stereocenters. The zero-order valence-corrected chi connectivity index (χ0v) is 19.3. The Balaban J connectivity index is 0.00000676. The third-order valence-electron chi connectivity index (χ3n) is 3.72. The Morgan fingerprint density at radius 2 is 1.81 bits per heavy atom. The Bertz CT molecular complexity index is 547. The van der Waals surface area contributed by atoms with Crippen LogP contribution in [0, 0.1) is 5.92 Å². The summed E-state index contributed by atoms with van der Waals surface area (Å²) < 4.78 is 5.34. The largest absolute Gasteiger partial charge is 0.382 e. The molecule has 0 fully saturated rings. The van der Waals surface area contributed by atoms with Gasteiger partial charge in [0.1, 0.15) is 0 Å². The van der Waals surface area contributed by atoms with E-state index in [-0.39, 0.29) is 35.8 Å². The van der Waals surface area contributed by atoms with Gasteiger partial charge in [0, 0.05) is 37.9 Å². The summed E-state index contributed by atoms with van der Waals surface area (Å²) in [5.74, 6) is 0.821. The first-order valence-corrected chi connectivity index (χ1v) is 9.56. The van der Waals surface area contributed by atoms with E-state index in [0.717, 1.165) is 56.4 Å². The van der Waals surface area contributed by atoms with Gasteiger partial charge in [-0.2, -0.15) is 0 Å². The lowest BCUT2D eigenvalue weighted by Crippen LogP contribution is -2.37. The van der Waals surface area contributed by atoms with Crippen molar-refractivity contribution in [3.05, 3.63) is 29.8 Å². The molecule has 27 heavy (non-hydrogen) atoms. The predicted octanol–water partition coefficient (Wildman–Crippen LogP) is 3.77. The first kappa shape index (κ1) is 25.6. The summed E-state index contributed by atoms with van der Waals surface area (Å²) in [6.45, 7) is 11.7. The van der Waals surface area contributed by atoms with E-state index in [1.165, 1.54) is 0 Å². The van der Waals surface area contributed by atoms with Crippen molar-refractivity contribution in [1.82, 2.24) is 10.6 Å². The summed E-state index contributed by atoms with van der Waals surface area (Å²) in [6, 6.07) is 7.81. The maximum Gasteiger partial charge on any atom is 0.226 e. The number of nitrogens with zero attached hydrogens (tertiary/aromatic N) is 1. The Kier molecular flexibility index (Phi) is 14.9. The molecule has 0 aromatic heterocycles. The van der Waals surface area contributed by atoms with Crippen molar-refractivity contribution in [1.29, 1.82) is 0 Å². The van der Waals surface area contributed by atoms with E-state index in [0.29, 0.717) is 6.54 Å². The van der Waals surface area contributed by atoms with E-state index in [9.17, 15) is 4.79 Å². The molecule has 0 atom stereocenters. The van der Waals surface area contributed by atoms with Crippen molar-refractivity contribution in [2.24, 2.45) is 10.9 Å². The van der Waals surface area contributed by atoms with Crippen molar-refractivity contribution in [2.75, 3.05) is 31.6 Å². The number of anilines is 1. The van der Waals surface area contributed by atoms with Gasteiger partial charge in [-0.3, -0.25) is 4.79 Å². The van der Waals surface area contributed by atoms with Gasteiger partial charge in [0.2, 0.25) is 5.91 Å². The van der Waals surface area contributed by atoms with Crippen molar-refractivity contribution >= 4 is 41.5 Å². The first-order valence-electron chi connectivity index (χ1n) is 9.56. The number of nitrogens with one attached hydrogen (secondary N) is 3. The molecule has 6 nitrogen and oxygen atoms in total. The summed E-state index contributed by atoms with van der Waals surface area (Å²) >= 11 is 0. The highest BCUT2D eigenvalue weighted by atomic mass is 127. The molecule has 7 heteroatoms. The van der Waals surface area contributed by atoms with Crippen LogP contribution in [0.1, 0.15) is 46.1 Å². The molecule has 1 rings (SSSR count). The molecule has 0 radical (unpaired) electrons. The van der Waals surface area contributed by atoms with Gasteiger partial charge in [0.25, 0.3) is 0 Å². The number of halogens is 1. The number of carbonyl (C=O) groups excluding carboxylic acids is 1. The van der Waals surface area contributed by atoms with Gasteiger partial charge in [-0.05, 0) is 44.4 Å². The van der Waals surface area contributed by atoms with Crippen molar-refractivity contribution < 1.29 is 9.53 Å². The molecule has 0 saturated heterocycles. The van der Waals surface area contributed by atoms with Gasteiger partial charge < -0.3 is 20.7 Å². The van der Waals surface area contributed by atoms with Gasteiger partial charge in [-0.15, -0.1) is 24.0 Å². The average molecular weight is 490 g/mol. The number of aliphatic imine (C=N–C) groups is 1. The van der Waals surface area contributed by atoms with Crippen LogP contribution < -0.4 is 16.0 Å². The second-order valence-electron chi connectivity index (χ2n) is 6.37. The Labute approximate surface area is 181 Å². The summed E-state index contributed by atoms with van der Waals surface area (Å²) in [5.41, 5.74) is 1.91. The van der Waals surface area contributed by atoms with Crippen LogP contribution in [0.5, 0.6) is 0 Å². The standard InChI is InChI=1S/C20H34N4O2.HI/c1-5-21-20(22-13-7-8-14-26-6-2)23-15-17-9-11-18(12-10-17)24-19(25)16(3)4;/h9-12,16H,5-8,13-15H2,1-4H3,(H,24,25)(H2,21,22,23);1H. The highest BCUT2D eigenvalue weighted by Crippen LogP contribution is 2.11. The number of ether oxygens (including phenoxy) is 1. The minimum absolute atomic E-state index is 0. The van der Waals surface area contributed by atoms with Crippen LogP contribution in [0.4, 0.5) is 5.69 Å². The summed E-state index contributed by atoms with van der Waals surface area (Å²) in [4.78, 5) is 16.3. The van der Waals surface area contributed by atoms with Gasteiger partial charge in [0.15, 0.2) is 5.96 Å². The zero-order chi connectivity index (χ0) is 19.2. The maximum absolute atomic E-state index is 11.7. The summed E-state index contributed by atoms with van der Waals surface area (Å²) in [6.07, 6.45) is 2.10. The van der Waals surface area contributed by atoms with E-state index in [1.54, 1.807) is 0 Å². The molecule has 0 heterocycles. The van der Waals surface area contributed by atoms with Gasteiger partial charge in [-0.1, -0.05) is 26.0 Å². The van der Waals surface area contributed by atoms with E-state index in [2.05, 4.69) is 27.9 Å². The average Bonchev–Trinajstić information content (AvgIpc) is 2.63.